The van der Waals surface area contributed by atoms with Crippen LogP contribution >= 0.6 is 11.3 Å². The number of thiazole rings is 1. The second kappa shape index (κ2) is 7.53. The Morgan fingerprint density at radius 3 is 2.76 bits per heavy atom. The number of imidazole rings is 1. The molecule has 6 rings (SSSR count). The van der Waals surface area contributed by atoms with Gasteiger partial charge in [0, 0.05) is 41.1 Å². The minimum Gasteiger partial charge on any atom is -0.343 e. The van der Waals surface area contributed by atoms with Crippen LogP contribution in [0.5, 0.6) is 0 Å². The maximum Gasteiger partial charge on any atom is 0.285 e. The van der Waals surface area contributed by atoms with Crippen molar-refractivity contribution in [3.05, 3.63) is 71.9 Å². The molecule has 4 heterocycles. The minimum atomic E-state index is -3.73. The number of sulfonamides is 1. The molecule has 1 saturated heterocycles. The zero-order valence-corrected chi connectivity index (χ0v) is 19.0. The highest BCUT2D eigenvalue weighted by Crippen LogP contribution is 2.31. The van der Waals surface area contributed by atoms with Crippen LogP contribution < -0.4 is 5.32 Å². The predicted molar refractivity (Wildman–Crippen MR) is 127 cm³/mol. The van der Waals surface area contributed by atoms with Crippen molar-refractivity contribution in [2.45, 2.75) is 23.8 Å². The number of amides is 1. The van der Waals surface area contributed by atoms with Gasteiger partial charge in [-0.15, -0.1) is 15.7 Å². The number of rotatable bonds is 3. The molecule has 0 radical (unpaired) electrons. The minimum absolute atomic E-state index is 0.174. The molecule has 4 aromatic rings. The van der Waals surface area contributed by atoms with Gasteiger partial charge in [-0.05, 0) is 37.1 Å². The Labute approximate surface area is 194 Å². The van der Waals surface area contributed by atoms with Crippen LogP contribution in [0.25, 0.3) is 16.2 Å². The molecule has 2 aliphatic rings. The monoisotopic (exact) mass is 477 g/mol. The van der Waals surface area contributed by atoms with Crippen molar-refractivity contribution in [1.82, 2.24) is 14.3 Å². The first-order valence-electron chi connectivity index (χ1n) is 10.5. The number of hydrogen-bond donors (Lipinski definition) is 1. The summed E-state index contributed by atoms with van der Waals surface area (Å²) in [6.07, 6.45) is 5.37. The summed E-state index contributed by atoms with van der Waals surface area (Å²) in [7, 11) is -3.73. The van der Waals surface area contributed by atoms with E-state index in [0.717, 1.165) is 22.6 Å². The number of aromatic nitrogens is 2. The summed E-state index contributed by atoms with van der Waals surface area (Å²) in [6.45, 7) is 0.581. The van der Waals surface area contributed by atoms with E-state index < -0.39 is 16.1 Å². The molecule has 0 unspecified atom stereocenters. The first-order valence-corrected chi connectivity index (χ1v) is 12.9. The summed E-state index contributed by atoms with van der Waals surface area (Å²) >= 11 is 1.58. The third kappa shape index (κ3) is 3.42. The molecule has 33 heavy (non-hydrogen) atoms. The molecule has 166 valence electrons. The van der Waals surface area contributed by atoms with Crippen LogP contribution in [0.2, 0.25) is 0 Å². The number of likely N-dealkylation sites (tertiary alicyclic amines) is 1. The predicted octanol–water partition coefficient (Wildman–Crippen LogP) is 3.61. The van der Waals surface area contributed by atoms with Crippen LogP contribution in [-0.4, -0.2) is 47.0 Å². The quantitative estimate of drug-likeness (QED) is 0.486. The Morgan fingerprint density at radius 2 is 1.94 bits per heavy atom. The van der Waals surface area contributed by atoms with Crippen molar-refractivity contribution in [1.29, 1.82) is 0 Å². The number of carbonyl (C=O) groups is 1. The maximum atomic E-state index is 13.1. The maximum absolute atomic E-state index is 13.1. The number of benzene rings is 2. The van der Waals surface area contributed by atoms with Crippen LogP contribution in [0.3, 0.4) is 0 Å². The van der Waals surface area contributed by atoms with Gasteiger partial charge in [0.05, 0.1) is 5.69 Å². The van der Waals surface area contributed by atoms with Crippen molar-refractivity contribution in [3.63, 3.8) is 0 Å². The van der Waals surface area contributed by atoms with Gasteiger partial charge in [-0.3, -0.25) is 9.20 Å². The van der Waals surface area contributed by atoms with Gasteiger partial charge in [0.25, 0.3) is 10.0 Å². The molecule has 2 aromatic carbocycles. The van der Waals surface area contributed by atoms with E-state index in [9.17, 15) is 13.2 Å². The van der Waals surface area contributed by atoms with Crippen LogP contribution in [0.1, 0.15) is 18.4 Å². The van der Waals surface area contributed by atoms with E-state index >= 15 is 0 Å². The van der Waals surface area contributed by atoms with Gasteiger partial charge in [-0.2, -0.15) is 8.42 Å². The molecule has 0 spiro atoms. The van der Waals surface area contributed by atoms with E-state index in [1.54, 1.807) is 35.6 Å². The first-order chi connectivity index (χ1) is 16.0. The number of amidine groups is 1. The van der Waals surface area contributed by atoms with E-state index in [4.69, 9.17) is 0 Å². The molecule has 10 heteroatoms. The molecule has 8 nitrogen and oxygen atoms in total. The van der Waals surface area contributed by atoms with Crippen LogP contribution in [0, 0.1) is 0 Å². The smallest absolute Gasteiger partial charge is 0.285 e. The van der Waals surface area contributed by atoms with Gasteiger partial charge in [0.15, 0.2) is 10.8 Å². The molecule has 1 fully saturated rings. The van der Waals surface area contributed by atoms with Gasteiger partial charge in [0.1, 0.15) is 10.9 Å². The molecule has 0 bridgehead atoms. The Hall–Kier alpha value is -3.50. The second-order valence-electron chi connectivity index (χ2n) is 8.02. The summed E-state index contributed by atoms with van der Waals surface area (Å²) < 4.78 is 30.9. The fourth-order valence-electron chi connectivity index (χ4n) is 4.40. The zero-order valence-electron chi connectivity index (χ0n) is 17.4. The average molecular weight is 478 g/mol. The van der Waals surface area contributed by atoms with Gasteiger partial charge in [-0.1, -0.05) is 24.3 Å². The topological polar surface area (TPSA) is 96.1 Å². The number of fused-ring (bicyclic) bond motifs is 2. The summed E-state index contributed by atoms with van der Waals surface area (Å²) in [5.41, 5.74) is 3.08. The molecule has 2 aliphatic heterocycles. The highest BCUT2D eigenvalue weighted by atomic mass is 32.2. The van der Waals surface area contributed by atoms with Crippen LogP contribution in [0.15, 0.2) is 75.6 Å². The van der Waals surface area contributed by atoms with E-state index in [-0.39, 0.29) is 10.8 Å². The molecular weight excluding hydrogens is 458 g/mol. The van der Waals surface area contributed by atoms with Gasteiger partial charge < -0.3 is 10.2 Å². The molecule has 0 aliphatic carbocycles. The van der Waals surface area contributed by atoms with Crippen molar-refractivity contribution < 1.29 is 13.2 Å². The SMILES string of the molecule is O=C(Nc1ccc(-c2cn3ccsc3n2)cc1)[C@H]1CCCN1C1=NS(=O)(=O)c2ccccc21. The summed E-state index contributed by atoms with van der Waals surface area (Å²) in [4.78, 5) is 20.7. The summed E-state index contributed by atoms with van der Waals surface area (Å²) in [5.74, 6) is 0.186. The van der Waals surface area contributed by atoms with Gasteiger partial charge >= 0.3 is 0 Å². The molecule has 1 N–H and O–H groups in total. The molecule has 1 atom stereocenters. The lowest BCUT2D eigenvalue weighted by molar-refractivity contribution is -0.119. The fraction of sp³-hybridized carbons (Fsp3) is 0.174. The Balaban J connectivity index is 1.21. The Bertz CT molecular complexity index is 1490. The van der Waals surface area contributed by atoms with E-state index in [1.165, 1.54) is 0 Å². The largest absolute Gasteiger partial charge is 0.343 e. The van der Waals surface area contributed by atoms with Crippen molar-refractivity contribution in [2.75, 3.05) is 11.9 Å². The summed E-state index contributed by atoms with van der Waals surface area (Å²) in [6, 6.07) is 13.8. The lowest BCUT2D eigenvalue weighted by Gasteiger charge is -2.25. The lowest BCUT2D eigenvalue weighted by atomic mass is 10.1. The zero-order chi connectivity index (χ0) is 22.6. The molecule has 1 amide bonds. The van der Waals surface area contributed by atoms with E-state index in [0.29, 0.717) is 30.1 Å². The highest BCUT2D eigenvalue weighted by Gasteiger charge is 2.39. The Morgan fingerprint density at radius 1 is 1.12 bits per heavy atom. The fourth-order valence-corrected chi connectivity index (χ4v) is 6.32. The van der Waals surface area contributed by atoms with Crippen molar-refractivity contribution in [2.24, 2.45) is 4.40 Å². The second-order valence-corrected chi connectivity index (χ2v) is 10.5. The number of anilines is 1. The highest BCUT2D eigenvalue weighted by molar-refractivity contribution is 7.90. The molecular formula is C23H19N5O3S2. The van der Waals surface area contributed by atoms with E-state index in [1.807, 2.05) is 51.3 Å². The van der Waals surface area contributed by atoms with Gasteiger partial charge in [0.2, 0.25) is 5.91 Å². The van der Waals surface area contributed by atoms with Gasteiger partial charge in [-0.25, -0.2) is 4.98 Å². The third-order valence-corrected chi connectivity index (χ3v) is 8.08. The average Bonchev–Trinajstić information content (AvgIpc) is 3.57. The van der Waals surface area contributed by atoms with Crippen molar-refractivity contribution >= 4 is 43.8 Å². The first kappa shape index (κ1) is 20.1. The number of hydrogen-bond acceptors (Lipinski definition) is 6. The van der Waals surface area contributed by atoms with Crippen LogP contribution in [0.4, 0.5) is 5.69 Å². The van der Waals surface area contributed by atoms with Crippen molar-refractivity contribution in [3.8, 4) is 11.3 Å². The number of nitrogens with one attached hydrogen (secondary N) is 1. The van der Waals surface area contributed by atoms with E-state index in [2.05, 4.69) is 14.7 Å². The standard InChI is InChI=1S/C23H19N5O3S2/c29-22(24-16-9-7-15(8-10-16)18-14-27-12-13-32-23(27)25-18)19-5-3-11-28(19)21-17-4-1-2-6-20(17)33(30,31)26-21/h1-2,4,6-10,12-14,19H,3,5,11H2,(H,24,29)/t19-/m1/s1. The number of nitrogens with zero attached hydrogens (tertiary/aromatic N) is 4. The Kier molecular flexibility index (Phi) is 4.59. The number of carbonyl (C=O) groups excluding carboxylic acids is 1. The molecule has 2 aromatic heterocycles. The molecule has 0 saturated carbocycles. The third-order valence-electron chi connectivity index (χ3n) is 5.98. The lowest BCUT2D eigenvalue weighted by Crippen LogP contribution is -2.43. The normalized spacial score (nSPS) is 19.0. The summed E-state index contributed by atoms with van der Waals surface area (Å²) in [5, 5.41) is 4.96. The van der Waals surface area contributed by atoms with Crippen LogP contribution in [-0.2, 0) is 14.8 Å².